The Kier molecular flexibility index (Phi) is 4.75. The first-order valence-electron chi connectivity index (χ1n) is 10.3. The minimum atomic E-state index is -4.60. The normalized spacial score (nSPS) is 18.5. The Balaban J connectivity index is 1.38. The summed E-state index contributed by atoms with van der Waals surface area (Å²) in [6.07, 6.45) is 2.03. The van der Waals surface area contributed by atoms with E-state index >= 15 is 0 Å². The van der Waals surface area contributed by atoms with E-state index in [0.29, 0.717) is 12.3 Å². The van der Waals surface area contributed by atoms with Crippen LogP contribution < -0.4 is 5.32 Å². The third-order valence-electron chi connectivity index (χ3n) is 5.72. The van der Waals surface area contributed by atoms with Gasteiger partial charge in [-0.1, -0.05) is 0 Å². The molecule has 0 bridgehead atoms. The van der Waals surface area contributed by atoms with Crippen molar-refractivity contribution in [2.75, 3.05) is 0 Å². The van der Waals surface area contributed by atoms with Crippen molar-refractivity contribution in [1.82, 2.24) is 25.1 Å². The molecule has 0 aromatic carbocycles. The van der Waals surface area contributed by atoms with Gasteiger partial charge in [0, 0.05) is 41.7 Å². The van der Waals surface area contributed by atoms with Crippen LogP contribution in [0.4, 0.5) is 13.2 Å². The van der Waals surface area contributed by atoms with Crippen LogP contribution in [0.1, 0.15) is 65.1 Å². The molecule has 1 saturated carbocycles. The van der Waals surface area contributed by atoms with Gasteiger partial charge < -0.3 is 5.32 Å². The van der Waals surface area contributed by atoms with Crippen LogP contribution in [-0.2, 0) is 12.7 Å². The summed E-state index contributed by atoms with van der Waals surface area (Å²) in [5, 5.41) is 7.56. The first kappa shape index (κ1) is 19.7. The van der Waals surface area contributed by atoms with Crippen molar-refractivity contribution in [3.63, 3.8) is 0 Å². The van der Waals surface area contributed by atoms with Gasteiger partial charge in [0.05, 0.1) is 17.4 Å². The van der Waals surface area contributed by atoms with Gasteiger partial charge in [0.1, 0.15) is 5.69 Å². The van der Waals surface area contributed by atoms with Crippen LogP contribution in [0, 0.1) is 0 Å². The third-order valence-corrected chi connectivity index (χ3v) is 5.72. The second-order valence-electron chi connectivity index (χ2n) is 8.02. The fourth-order valence-corrected chi connectivity index (χ4v) is 3.95. The van der Waals surface area contributed by atoms with Crippen LogP contribution in [0.25, 0.3) is 11.3 Å². The van der Waals surface area contributed by atoms with E-state index in [-0.39, 0.29) is 11.6 Å². The SMILES string of the molecule is O=C(N[C@@H]1CCCn2nc(-c3ccnc(C4CC4)c3)cc21)c1ccnc(C(F)(F)F)c1. The molecule has 0 saturated heterocycles. The maximum absolute atomic E-state index is 12.9. The average molecular weight is 427 g/mol. The molecule has 0 unspecified atom stereocenters. The fourth-order valence-electron chi connectivity index (χ4n) is 3.95. The molecule has 4 heterocycles. The van der Waals surface area contributed by atoms with Crippen molar-refractivity contribution in [2.45, 2.75) is 50.4 Å². The molecule has 5 rings (SSSR count). The van der Waals surface area contributed by atoms with Crippen molar-refractivity contribution < 1.29 is 18.0 Å². The van der Waals surface area contributed by atoms with Crippen LogP contribution in [-0.4, -0.2) is 25.7 Å². The monoisotopic (exact) mass is 427 g/mol. The summed E-state index contributed by atoms with van der Waals surface area (Å²) in [4.78, 5) is 20.4. The first-order valence-corrected chi connectivity index (χ1v) is 10.3. The number of carbonyl (C=O) groups is 1. The fraction of sp³-hybridized carbons (Fsp3) is 0.364. The maximum atomic E-state index is 12.9. The van der Waals surface area contributed by atoms with E-state index < -0.39 is 17.8 Å². The van der Waals surface area contributed by atoms with Crippen LogP contribution >= 0.6 is 0 Å². The minimum absolute atomic E-state index is 0.0672. The number of nitrogens with zero attached hydrogens (tertiary/aromatic N) is 4. The van der Waals surface area contributed by atoms with Gasteiger partial charge in [-0.05, 0) is 56.0 Å². The molecule has 31 heavy (non-hydrogen) atoms. The van der Waals surface area contributed by atoms with Gasteiger partial charge in [-0.15, -0.1) is 0 Å². The van der Waals surface area contributed by atoms with E-state index in [1.165, 1.54) is 6.07 Å². The molecule has 0 radical (unpaired) electrons. The molecule has 6 nitrogen and oxygen atoms in total. The predicted octanol–water partition coefficient (Wildman–Crippen LogP) is 4.50. The van der Waals surface area contributed by atoms with Gasteiger partial charge in [0.2, 0.25) is 0 Å². The van der Waals surface area contributed by atoms with Crippen molar-refractivity contribution in [2.24, 2.45) is 0 Å². The van der Waals surface area contributed by atoms with Gasteiger partial charge in [0.15, 0.2) is 0 Å². The summed E-state index contributed by atoms with van der Waals surface area (Å²) >= 11 is 0. The Labute approximate surface area is 176 Å². The lowest BCUT2D eigenvalue weighted by atomic mass is 10.0. The minimum Gasteiger partial charge on any atom is -0.344 e. The molecule has 3 aromatic heterocycles. The Hall–Kier alpha value is -3.23. The standard InChI is InChI=1S/C22H20F3N5O/c23-22(24,25)20-11-15(6-8-27-20)21(31)28-16-2-1-9-30-19(16)12-18(29-30)14-5-7-26-17(10-14)13-3-4-13/h5-8,10-13,16H,1-4,9H2,(H,28,31)/t16-/m1/s1. The summed E-state index contributed by atoms with van der Waals surface area (Å²) in [6, 6.07) is 7.67. The highest BCUT2D eigenvalue weighted by atomic mass is 19.4. The lowest BCUT2D eigenvalue weighted by Crippen LogP contribution is -2.32. The highest BCUT2D eigenvalue weighted by molar-refractivity contribution is 5.94. The number of carbonyl (C=O) groups excluding carboxylic acids is 1. The van der Waals surface area contributed by atoms with Gasteiger partial charge in [0.25, 0.3) is 5.91 Å². The zero-order valence-corrected chi connectivity index (χ0v) is 16.6. The Morgan fingerprint density at radius 3 is 2.65 bits per heavy atom. The molecule has 0 spiro atoms. The second-order valence-corrected chi connectivity index (χ2v) is 8.02. The van der Waals surface area contributed by atoms with Crippen LogP contribution in [0.5, 0.6) is 0 Å². The van der Waals surface area contributed by atoms with E-state index in [1.54, 1.807) is 6.20 Å². The molecule has 1 N–H and O–H groups in total. The number of pyridine rings is 2. The molecule has 1 aliphatic heterocycles. The molecule has 9 heteroatoms. The van der Waals surface area contributed by atoms with Gasteiger partial charge in [-0.3, -0.25) is 19.4 Å². The van der Waals surface area contributed by atoms with Crippen LogP contribution in [0.2, 0.25) is 0 Å². The van der Waals surface area contributed by atoms with Gasteiger partial charge in [-0.2, -0.15) is 18.3 Å². The topological polar surface area (TPSA) is 72.7 Å². The Morgan fingerprint density at radius 2 is 1.87 bits per heavy atom. The molecule has 1 amide bonds. The molecular formula is C22H20F3N5O. The highest BCUT2D eigenvalue weighted by Gasteiger charge is 2.33. The van der Waals surface area contributed by atoms with E-state index in [2.05, 4.69) is 21.4 Å². The smallest absolute Gasteiger partial charge is 0.344 e. The maximum Gasteiger partial charge on any atom is 0.433 e. The second kappa shape index (κ2) is 7.47. The van der Waals surface area contributed by atoms with Gasteiger partial charge >= 0.3 is 6.18 Å². The largest absolute Gasteiger partial charge is 0.433 e. The Bertz CT molecular complexity index is 1140. The number of hydrogen-bond donors (Lipinski definition) is 1. The van der Waals surface area contributed by atoms with Crippen molar-refractivity contribution in [1.29, 1.82) is 0 Å². The first-order chi connectivity index (χ1) is 14.9. The van der Waals surface area contributed by atoms with Gasteiger partial charge in [-0.25, -0.2) is 0 Å². The number of aryl methyl sites for hydroxylation is 1. The number of rotatable bonds is 4. The molecule has 1 aliphatic carbocycles. The van der Waals surface area contributed by atoms with Crippen molar-refractivity contribution in [3.8, 4) is 11.3 Å². The van der Waals surface area contributed by atoms with Crippen LogP contribution in [0.3, 0.4) is 0 Å². The summed E-state index contributed by atoms with van der Waals surface area (Å²) < 4.78 is 40.6. The molecule has 2 aliphatic rings. The summed E-state index contributed by atoms with van der Waals surface area (Å²) in [5.41, 5.74) is 2.56. The Morgan fingerprint density at radius 1 is 1.06 bits per heavy atom. The quantitative estimate of drug-likeness (QED) is 0.665. The summed E-state index contributed by atoms with van der Waals surface area (Å²) in [6.45, 7) is 0.732. The zero-order valence-electron chi connectivity index (χ0n) is 16.6. The van der Waals surface area contributed by atoms with E-state index in [1.807, 2.05) is 16.8 Å². The molecule has 3 aromatic rings. The molecular weight excluding hydrogens is 407 g/mol. The summed E-state index contributed by atoms with van der Waals surface area (Å²) in [7, 11) is 0. The summed E-state index contributed by atoms with van der Waals surface area (Å²) in [5.74, 6) is -0.0276. The van der Waals surface area contributed by atoms with E-state index in [9.17, 15) is 18.0 Å². The lowest BCUT2D eigenvalue weighted by molar-refractivity contribution is -0.141. The van der Waals surface area contributed by atoms with Crippen LogP contribution in [0.15, 0.2) is 42.7 Å². The number of nitrogens with one attached hydrogen (secondary N) is 1. The number of amides is 1. The lowest BCUT2D eigenvalue weighted by Gasteiger charge is -2.24. The number of alkyl halides is 3. The highest BCUT2D eigenvalue weighted by Crippen LogP contribution is 2.40. The third kappa shape index (κ3) is 4.04. The average Bonchev–Trinajstić information content (AvgIpc) is 3.52. The van der Waals surface area contributed by atoms with Crippen molar-refractivity contribution >= 4 is 5.91 Å². The zero-order chi connectivity index (χ0) is 21.6. The predicted molar refractivity (Wildman–Crippen MR) is 106 cm³/mol. The molecule has 160 valence electrons. The van der Waals surface area contributed by atoms with E-state index in [4.69, 9.17) is 5.10 Å². The number of halogens is 3. The number of hydrogen-bond acceptors (Lipinski definition) is 4. The number of fused-ring (bicyclic) bond motifs is 1. The van der Waals surface area contributed by atoms with Crippen molar-refractivity contribution in [3.05, 3.63) is 65.4 Å². The van der Waals surface area contributed by atoms with E-state index in [0.717, 1.165) is 60.7 Å². The molecule has 1 atom stereocenters. The molecule has 1 fully saturated rings. The number of aromatic nitrogens is 4.